The molecule has 0 aliphatic carbocycles. The predicted octanol–water partition coefficient (Wildman–Crippen LogP) is 1.33. The molecule has 2 aromatic rings. The molecular formula is C10H10N4O2. The molecule has 0 atom stereocenters. The summed E-state index contributed by atoms with van der Waals surface area (Å²) in [6.07, 6.45) is 2.86. The number of carbonyl (C=O) groups excluding carboxylic acids is 1. The van der Waals surface area contributed by atoms with Crippen molar-refractivity contribution in [2.75, 3.05) is 5.32 Å². The summed E-state index contributed by atoms with van der Waals surface area (Å²) in [5, 5.41) is 13.8. The average molecular weight is 218 g/mol. The fourth-order valence-electron chi connectivity index (χ4n) is 1.24. The molecule has 2 aromatic heterocycles. The van der Waals surface area contributed by atoms with Crippen LogP contribution in [0.4, 0.5) is 5.69 Å². The van der Waals surface area contributed by atoms with Crippen molar-refractivity contribution in [2.45, 2.75) is 13.8 Å². The second kappa shape index (κ2) is 4.09. The maximum Gasteiger partial charge on any atom is 0.257 e. The summed E-state index contributed by atoms with van der Waals surface area (Å²) in [5.74, 6) is -0.251. The smallest absolute Gasteiger partial charge is 0.257 e. The van der Waals surface area contributed by atoms with Crippen LogP contribution in [-0.4, -0.2) is 21.3 Å². The van der Waals surface area contributed by atoms with Gasteiger partial charge in [-0.15, -0.1) is 0 Å². The molecule has 6 nitrogen and oxygen atoms in total. The Hall–Kier alpha value is -2.24. The Kier molecular flexibility index (Phi) is 2.63. The number of hydrogen-bond acceptors (Lipinski definition) is 5. The number of anilines is 1. The Bertz CT molecular complexity index is 521. The maximum absolute atomic E-state index is 11.8. The largest absolute Gasteiger partial charge is 0.362 e. The van der Waals surface area contributed by atoms with Gasteiger partial charge in [-0.2, -0.15) is 10.2 Å². The lowest BCUT2D eigenvalue weighted by atomic mass is 10.2. The molecule has 0 aromatic carbocycles. The highest BCUT2D eigenvalue weighted by Gasteiger charge is 2.12. The van der Waals surface area contributed by atoms with E-state index in [4.69, 9.17) is 4.52 Å². The first kappa shape index (κ1) is 10.3. The van der Waals surface area contributed by atoms with Gasteiger partial charge in [-0.3, -0.25) is 4.79 Å². The summed E-state index contributed by atoms with van der Waals surface area (Å²) >= 11 is 0. The van der Waals surface area contributed by atoms with Gasteiger partial charge in [-0.05, 0) is 19.9 Å². The molecule has 16 heavy (non-hydrogen) atoms. The molecule has 1 N–H and O–H groups in total. The number of rotatable bonds is 2. The first-order valence-corrected chi connectivity index (χ1v) is 4.69. The highest BCUT2D eigenvalue weighted by Crippen LogP contribution is 2.13. The zero-order valence-electron chi connectivity index (χ0n) is 8.89. The molecule has 82 valence electrons. The van der Waals surface area contributed by atoms with Gasteiger partial charge < -0.3 is 9.84 Å². The van der Waals surface area contributed by atoms with E-state index in [9.17, 15) is 4.79 Å². The number of aryl methyl sites for hydroxylation is 2. The lowest BCUT2D eigenvalue weighted by Gasteiger charge is -2.03. The van der Waals surface area contributed by atoms with Crippen LogP contribution in [0.3, 0.4) is 0 Å². The van der Waals surface area contributed by atoms with Gasteiger partial charge in [0.05, 0.1) is 17.5 Å². The number of hydrogen-bond donors (Lipinski definition) is 1. The van der Waals surface area contributed by atoms with Gasteiger partial charge in [-0.1, -0.05) is 5.16 Å². The van der Waals surface area contributed by atoms with Gasteiger partial charge in [0.1, 0.15) is 17.6 Å². The van der Waals surface area contributed by atoms with E-state index in [1.165, 1.54) is 12.5 Å². The van der Waals surface area contributed by atoms with Gasteiger partial charge in [-0.25, -0.2) is 0 Å². The lowest BCUT2D eigenvalue weighted by Crippen LogP contribution is -2.14. The van der Waals surface area contributed by atoms with E-state index < -0.39 is 0 Å². The van der Waals surface area contributed by atoms with Crippen LogP contribution in [0.1, 0.15) is 21.7 Å². The third-order valence-electron chi connectivity index (χ3n) is 2.15. The number of nitrogens with one attached hydrogen (secondary N) is 1. The maximum atomic E-state index is 11.8. The molecule has 2 heterocycles. The summed E-state index contributed by atoms with van der Waals surface area (Å²) < 4.78 is 4.72. The van der Waals surface area contributed by atoms with Gasteiger partial charge in [0.2, 0.25) is 0 Å². The second-order valence-corrected chi connectivity index (χ2v) is 3.30. The quantitative estimate of drug-likeness (QED) is 0.822. The van der Waals surface area contributed by atoms with E-state index >= 15 is 0 Å². The molecule has 0 bridgehead atoms. The minimum absolute atomic E-state index is 0.251. The van der Waals surface area contributed by atoms with Crippen molar-refractivity contribution in [1.29, 1.82) is 0 Å². The highest BCUT2D eigenvalue weighted by molar-refractivity contribution is 6.05. The minimum Gasteiger partial charge on any atom is -0.362 e. The average Bonchev–Trinajstić information content (AvgIpc) is 2.65. The number of amides is 1. The normalized spacial score (nSPS) is 10.1. The first-order valence-electron chi connectivity index (χ1n) is 4.69. The molecule has 0 fully saturated rings. The Morgan fingerprint density at radius 2 is 2.19 bits per heavy atom. The third kappa shape index (κ3) is 1.90. The van der Waals surface area contributed by atoms with Crippen LogP contribution in [0.15, 0.2) is 23.0 Å². The van der Waals surface area contributed by atoms with Crippen molar-refractivity contribution in [3.05, 3.63) is 35.5 Å². The Labute approximate surface area is 91.7 Å². The molecule has 6 heteroatoms. The molecule has 1 amide bonds. The standard InChI is InChI=1S/C10H10N4O2/c1-6-8(3-4-11-13-6)10(15)12-9-5-16-14-7(9)2/h3-5H,1-2H3,(H,12,15). The van der Waals surface area contributed by atoms with Crippen molar-refractivity contribution in [2.24, 2.45) is 0 Å². The number of carbonyl (C=O) groups is 1. The fraction of sp³-hybridized carbons (Fsp3) is 0.200. The summed E-state index contributed by atoms with van der Waals surface area (Å²) in [4.78, 5) is 11.8. The zero-order chi connectivity index (χ0) is 11.5. The van der Waals surface area contributed by atoms with Crippen LogP contribution in [-0.2, 0) is 0 Å². The van der Waals surface area contributed by atoms with E-state index in [1.54, 1.807) is 19.9 Å². The topological polar surface area (TPSA) is 80.9 Å². The van der Waals surface area contributed by atoms with Crippen LogP contribution >= 0.6 is 0 Å². The molecular weight excluding hydrogens is 208 g/mol. The van der Waals surface area contributed by atoms with Gasteiger partial charge in [0.15, 0.2) is 0 Å². The lowest BCUT2D eigenvalue weighted by molar-refractivity contribution is 0.102. The zero-order valence-corrected chi connectivity index (χ0v) is 8.89. The monoisotopic (exact) mass is 218 g/mol. The van der Waals surface area contributed by atoms with Crippen molar-refractivity contribution >= 4 is 11.6 Å². The van der Waals surface area contributed by atoms with Gasteiger partial charge >= 0.3 is 0 Å². The van der Waals surface area contributed by atoms with E-state index in [0.717, 1.165) is 0 Å². The second-order valence-electron chi connectivity index (χ2n) is 3.30. The van der Waals surface area contributed by atoms with E-state index in [0.29, 0.717) is 22.6 Å². The van der Waals surface area contributed by atoms with Crippen LogP contribution < -0.4 is 5.32 Å². The van der Waals surface area contributed by atoms with Crippen LogP contribution in [0.2, 0.25) is 0 Å². The van der Waals surface area contributed by atoms with E-state index in [1.807, 2.05) is 0 Å². The molecule has 0 aliphatic heterocycles. The van der Waals surface area contributed by atoms with Crippen molar-refractivity contribution in [1.82, 2.24) is 15.4 Å². The van der Waals surface area contributed by atoms with Crippen molar-refractivity contribution in [3.8, 4) is 0 Å². The summed E-state index contributed by atoms with van der Waals surface area (Å²) in [6, 6.07) is 1.61. The molecule has 2 rings (SSSR count). The highest BCUT2D eigenvalue weighted by atomic mass is 16.5. The van der Waals surface area contributed by atoms with Crippen molar-refractivity contribution in [3.63, 3.8) is 0 Å². The number of nitrogens with zero attached hydrogens (tertiary/aromatic N) is 3. The van der Waals surface area contributed by atoms with E-state index in [-0.39, 0.29) is 5.91 Å². The molecule has 0 saturated carbocycles. The fourth-order valence-corrected chi connectivity index (χ4v) is 1.24. The van der Waals surface area contributed by atoms with Crippen molar-refractivity contribution < 1.29 is 9.32 Å². The predicted molar refractivity (Wildman–Crippen MR) is 56.0 cm³/mol. The molecule has 0 saturated heterocycles. The Morgan fingerprint density at radius 1 is 1.38 bits per heavy atom. The third-order valence-corrected chi connectivity index (χ3v) is 2.15. The van der Waals surface area contributed by atoms with Gasteiger partial charge in [0, 0.05) is 0 Å². The molecule has 0 spiro atoms. The molecule has 0 unspecified atom stereocenters. The SMILES string of the molecule is Cc1nocc1NC(=O)c1ccnnc1C. The summed E-state index contributed by atoms with van der Waals surface area (Å²) in [6.45, 7) is 3.47. The molecule has 0 radical (unpaired) electrons. The summed E-state index contributed by atoms with van der Waals surface area (Å²) in [7, 11) is 0. The van der Waals surface area contributed by atoms with E-state index in [2.05, 4.69) is 20.7 Å². The van der Waals surface area contributed by atoms with Crippen LogP contribution in [0, 0.1) is 13.8 Å². The van der Waals surface area contributed by atoms with Crippen LogP contribution in [0.5, 0.6) is 0 Å². The number of aromatic nitrogens is 3. The Balaban J connectivity index is 2.22. The molecule has 0 aliphatic rings. The Morgan fingerprint density at radius 3 is 2.81 bits per heavy atom. The minimum atomic E-state index is -0.251. The van der Waals surface area contributed by atoms with Gasteiger partial charge in [0.25, 0.3) is 5.91 Å². The first-order chi connectivity index (χ1) is 7.68. The van der Waals surface area contributed by atoms with Crippen LogP contribution in [0.25, 0.3) is 0 Å². The summed E-state index contributed by atoms with van der Waals surface area (Å²) in [5.41, 5.74) is 2.25.